The standard InChI is InChI=1S/C18H23N3O3/c1-12-16(10-20-9-14(8-18(23)24)17(22)11-20)13(2)21(19-12)15-6-4-3-5-7-15/h3-7,14,17,22H,8-11H2,1-2H3,(H,23,24)/t14-,17-/m1/s1. The smallest absolute Gasteiger partial charge is 0.303 e. The van der Waals surface area contributed by atoms with E-state index in [2.05, 4.69) is 10.00 Å². The van der Waals surface area contributed by atoms with Crippen molar-refractivity contribution in [3.63, 3.8) is 0 Å². The van der Waals surface area contributed by atoms with Gasteiger partial charge in [0.15, 0.2) is 0 Å². The molecule has 128 valence electrons. The number of carboxylic acids is 1. The molecule has 1 aromatic heterocycles. The zero-order valence-electron chi connectivity index (χ0n) is 14.0. The van der Waals surface area contributed by atoms with Crippen LogP contribution < -0.4 is 0 Å². The van der Waals surface area contributed by atoms with Gasteiger partial charge in [-0.3, -0.25) is 9.69 Å². The maximum absolute atomic E-state index is 10.9. The van der Waals surface area contributed by atoms with Crippen molar-refractivity contribution >= 4 is 5.97 Å². The molecule has 1 saturated heterocycles. The van der Waals surface area contributed by atoms with Crippen molar-refractivity contribution in [3.8, 4) is 5.69 Å². The maximum Gasteiger partial charge on any atom is 0.303 e. The van der Waals surface area contributed by atoms with Gasteiger partial charge in [-0.25, -0.2) is 4.68 Å². The number of hydrogen-bond donors (Lipinski definition) is 2. The molecule has 0 amide bonds. The number of aryl methyl sites for hydroxylation is 1. The van der Waals surface area contributed by atoms with Gasteiger partial charge in [-0.2, -0.15) is 5.10 Å². The molecule has 0 saturated carbocycles. The monoisotopic (exact) mass is 329 g/mol. The highest BCUT2D eigenvalue weighted by Crippen LogP contribution is 2.25. The molecule has 0 bridgehead atoms. The molecule has 0 unspecified atom stereocenters. The SMILES string of the molecule is Cc1nn(-c2ccccc2)c(C)c1CN1C[C@@H](CC(=O)O)[C@H](O)C1. The Morgan fingerprint density at radius 2 is 1.96 bits per heavy atom. The Balaban J connectivity index is 1.77. The number of benzene rings is 1. The zero-order valence-corrected chi connectivity index (χ0v) is 14.0. The van der Waals surface area contributed by atoms with Crippen LogP contribution in [0.2, 0.25) is 0 Å². The molecule has 24 heavy (non-hydrogen) atoms. The van der Waals surface area contributed by atoms with Gasteiger partial charge >= 0.3 is 5.97 Å². The number of nitrogens with zero attached hydrogens (tertiary/aromatic N) is 3. The minimum atomic E-state index is -0.856. The first-order chi connectivity index (χ1) is 11.5. The first-order valence-corrected chi connectivity index (χ1v) is 8.18. The molecular weight excluding hydrogens is 306 g/mol. The van der Waals surface area contributed by atoms with Gasteiger partial charge < -0.3 is 10.2 Å². The number of aliphatic hydroxyl groups is 1. The third-order valence-electron chi connectivity index (χ3n) is 4.74. The van der Waals surface area contributed by atoms with Crippen LogP contribution in [-0.4, -0.2) is 50.1 Å². The predicted octanol–water partition coefficient (Wildman–Crippen LogP) is 1.76. The first kappa shape index (κ1) is 16.7. The first-order valence-electron chi connectivity index (χ1n) is 8.18. The number of aliphatic hydroxyl groups excluding tert-OH is 1. The van der Waals surface area contributed by atoms with Crippen molar-refractivity contribution in [2.24, 2.45) is 5.92 Å². The number of carbonyl (C=O) groups is 1. The van der Waals surface area contributed by atoms with Crippen LogP contribution in [0, 0.1) is 19.8 Å². The lowest BCUT2D eigenvalue weighted by Gasteiger charge is -2.15. The largest absolute Gasteiger partial charge is 0.481 e. The number of rotatable bonds is 5. The highest BCUT2D eigenvalue weighted by molar-refractivity contribution is 5.67. The molecule has 2 heterocycles. The van der Waals surface area contributed by atoms with Crippen LogP contribution in [0.4, 0.5) is 0 Å². The van der Waals surface area contributed by atoms with Gasteiger partial charge in [-0.05, 0) is 26.0 Å². The fourth-order valence-corrected chi connectivity index (χ4v) is 3.44. The molecule has 1 aromatic carbocycles. The number of β-amino-alcohol motifs (C(OH)–C–C–N with tert-alkyl or cyclic N) is 1. The predicted molar refractivity (Wildman–Crippen MR) is 90.1 cm³/mol. The average molecular weight is 329 g/mol. The fraction of sp³-hybridized carbons (Fsp3) is 0.444. The normalized spacial score (nSPS) is 21.3. The third-order valence-corrected chi connectivity index (χ3v) is 4.74. The number of carboxylic acid groups (broad SMARTS) is 1. The molecule has 1 aliphatic rings. The van der Waals surface area contributed by atoms with Crippen LogP contribution in [0.25, 0.3) is 5.69 Å². The van der Waals surface area contributed by atoms with E-state index in [1.54, 1.807) is 0 Å². The van der Waals surface area contributed by atoms with E-state index in [1.165, 1.54) is 0 Å². The minimum Gasteiger partial charge on any atom is -0.481 e. The van der Waals surface area contributed by atoms with E-state index in [4.69, 9.17) is 5.11 Å². The van der Waals surface area contributed by atoms with E-state index in [-0.39, 0.29) is 12.3 Å². The summed E-state index contributed by atoms with van der Waals surface area (Å²) in [5.41, 5.74) is 4.21. The summed E-state index contributed by atoms with van der Waals surface area (Å²) < 4.78 is 1.94. The van der Waals surface area contributed by atoms with Gasteiger partial charge in [0.25, 0.3) is 0 Å². The van der Waals surface area contributed by atoms with Crippen LogP contribution in [-0.2, 0) is 11.3 Å². The van der Waals surface area contributed by atoms with Crippen molar-refractivity contribution in [1.82, 2.24) is 14.7 Å². The van der Waals surface area contributed by atoms with Gasteiger partial charge in [-0.15, -0.1) is 0 Å². The summed E-state index contributed by atoms with van der Waals surface area (Å²) in [5.74, 6) is -1.06. The quantitative estimate of drug-likeness (QED) is 0.874. The Bertz CT molecular complexity index is 727. The van der Waals surface area contributed by atoms with E-state index < -0.39 is 12.1 Å². The van der Waals surface area contributed by atoms with Crippen LogP contribution in [0.3, 0.4) is 0 Å². The van der Waals surface area contributed by atoms with E-state index >= 15 is 0 Å². The van der Waals surface area contributed by atoms with E-state index in [9.17, 15) is 9.90 Å². The Morgan fingerprint density at radius 3 is 2.62 bits per heavy atom. The Labute approximate surface area is 141 Å². The summed E-state index contributed by atoms with van der Waals surface area (Å²) in [6, 6.07) is 9.99. The second kappa shape index (κ2) is 6.75. The summed E-state index contributed by atoms with van der Waals surface area (Å²) in [6.45, 7) is 5.82. The molecule has 6 nitrogen and oxygen atoms in total. The zero-order chi connectivity index (χ0) is 17.3. The molecule has 1 fully saturated rings. The Kier molecular flexibility index (Phi) is 4.69. The summed E-state index contributed by atoms with van der Waals surface area (Å²) in [6.07, 6.45) is -0.565. The highest BCUT2D eigenvalue weighted by Gasteiger charge is 2.33. The van der Waals surface area contributed by atoms with Crippen molar-refractivity contribution < 1.29 is 15.0 Å². The summed E-state index contributed by atoms with van der Waals surface area (Å²) in [7, 11) is 0. The minimum absolute atomic E-state index is 0.0128. The second-order valence-corrected chi connectivity index (χ2v) is 6.52. The van der Waals surface area contributed by atoms with E-state index in [0.717, 1.165) is 22.6 Å². The third kappa shape index (κ3) is 3.34. The average Bonchev–Trinajstić information content (AvgIpc) is 3.02. The molecule has 0 radical (unpaired) electrons. The topological polar surface area (TPSA) is 78.6 Å². The van der Waals surface area contributed by atoms with Crippen LogP contribution >= 0.6 is 0 Å². The molecule has 1 aliphatic heterocycles. The summed E-state index contributed by atoms with van der Waals surface area (Å²) >= 11 is 0. The number of aromatic nitrogens is 2. The molecule has 2 atom stereocenters. The lowest BCUT2D eigenvalue weighted by atomic mass is 10.0. The summed E-state index contributed by atoms with van der Waals surface area (Å²) in [5, 5.41) is 23.7. The van der Waals surface area contributed by atoms with E-state index in [0.29, 0.717) is 19.6 Å². The molecule has 0 spiro atoms. The van der Waals surface area contributed by atoms with Crippen LogP contribution in [0.15, 0.2) is 30.3 Å². The van der Waals surface area contributed by atoms with Gasteiger partial charge in [-0.1, -0.05) is 18.2 Å². The Morgan fingerprint density at radius 1 is 1.25 bits per heavy atom. The van der Waals surface area contributed by atoms with Gasteiger partial charge in [0.05, 0.1) is 23.9 Å². The van der Waals surface area contributed by atoms with E-state index in [1.807, 2.05) is 48.9 Å². The van der Waals surface area contributed by atoms with Crippen LogP contribution in [0.5, 0.6) is 0 Å². The maximum atomic E-state index is 10.9. The molecular formula is C18H23N3O3. The second-order valence-electron chi connectivity index (χ2n) is 6.52. The number of hydrogen-bond acceptors (Lipinski definition) is 4. The highest BCUT2D eigenvalue weighted by atomic mass is 16.4. The molecule has 6 heteroatoms. The van der Waals surface area contributed by atoms with Gasteiger partial charge in [0, 0.05) is 36.8 Å². The van der Waals surface area contributed by atoms with Gasteiger partial charge in [0.1, 0.15) is 0 Å². The fourth-order valence-electron chi connectivity index (χ4n) is 3.44. The molecule has 0 aliphatic carbocycles. The number of aliphatic carboxylic acids is 1. The lowest BCUT2D eigenvalue weighted by molar-refractivity contribution is -0.138. The number of likely N-dealkylation sites (tertiary alicyclic amines) is 1. The van der Waals surface area contributed by atoms with Crippen molar-refractivity contribution in [2.75, 3.05) is 13.1 Å². The molecule has 2 aromatic rings. The van der Waals surface area contributed by atoms with Crippen molar-refractivity contribution in [2.45, 2.75) is 32.9 Å². The van der Waals surface area contributed by atoms with Crippen molar-refractivity contribution in [1.29, 1.82) is 0 Å². The Hall–Kier alpha value is -2.18. The lowest BCUT2D eigenvalue weighted by Crippen LogP contribution is -2.22. The molecule has 2 N–H and O–H groups in total. The molecule has 3 rings (SSSR count). The van der Waals surface area contributed by atoms with Gasteiger partial charge in [0.2, 0.25) is 0 Å². The van der Waals surface area contributed by atoms with Crippen molar-refractivity contribution in [3.05, 3.63) is 47.3 Å². The summed E-state index contributed by atoms with van der Waals surface area (Å²) in [4.78, 5) is 13.0. The van der Waals surface area contributed by atoms with Crippen LogP contribution in [0.1, 0.15) is 23.4 Å². The number of para-hydroxylation sites is 1.